The smallest absolute Gasteiger partial charge is 0.225 e. The summed E-state index contributed by atoms with van der Waals surface area (Å²) in [5.41, 5.74) is 1.67. The second-order valence-corrected chi connectivity index (χ2v) is 4.20. The molecular weight excluding hydrogens is 284 g/mol. The number of rotatable bonds is 4. The molecule has 1 aromatic heterocycles. The van der Waals surface area contributed by atoms with Gasteiger partial charge >= 0.3 is 0 Å². The average Bonchev–Trinajstić information content (AvgIpc) is 2.83. The van der Waals surface area contributed by atoms with Crippen LogP contribution in [0.3, 0.4) is 0 Å². The van der Waals surface area contributed by atoms with Gasteiger partial charge in [0, 0.05) is 17.4 Å². The summed E-state index contributed by atoms with van der Waals surface area (Å²) in [6.07, 6.45) is 3.68. The number of hydrogen-bond acceptors (Lipinski definition) is 3. The van der Waals surface area contributed by atoms with Crippen molar-refractivity contribution in [3.05, 3.63) is 36.9 Å². The summed E-state index contributed by atoms with van der Waals surface area (Å²) >= 11 is 3.23. The number of carbonyl (C=O) groups excluding carboxylic acids is 1. The fourth-order valence-electron chi connectivity index (χ4n) is 1.39. The van der Waals surface area contributed by atoms with Crippen molar-refractivity contribution < 1.29 is 4.79 Å². The molecule has 0 fully saturated rings. The molecule has 0 radical (unpaired) electrons. The third-order valence-corrected chi connectivity index (χ3v) is 2.56. The molecule has 6 heteroatoms. The van der Waals surface area contributed by atoms with E-state index >= 15 is 0 Å². The van der Waals surface area contributed by atoms with E-state index in [1.165, 1.54) is 0 Å². The fraction of sp³-hybridized carbons (Fsp3) is 0.182. The highest BCUT2D eigenvalue weighted by atomic mass is 79.9. The Kier molecular flexibility index (Phi) is 3.87. The van der Waals surface area contributed by atoms with Gasteiger partial charge < -0.3 is 5.32 Å². The number of amides is 1. The molecule has 0 saturated heterocycles. The highest BCUT2D eigenvalue weighted by molar-refractivity contribution is 9.09. The van der Waals surface area contributed by atoms with Crippen molar-refractivity contribution in [1.29, 1.82) is 0 Å². The minimum absolute atomic E-state index is 0.0113. The Morgan fingerprint density at radius 3 is 2.82 bits per heavy atom. The van der Waals surface area contributed by atoms with Crippen molar-refractivity contribution in [3.63, 3.8) is 0 Å². The van der Waals surface area contributed by atoms with Crippen LogP contribution in [0, 0.1) is 0 Å². The van der Waals surface area contributed by atoms with E-state index in [-0.39, 0.29) is 5.91 Å². The first kappa shape index (κ1) is 11.8. The van der Waals surface area contributed by atoms with Crippen LogP contribution in [-0.2, 0) is 4.79 Å². The lowest BCUT2D eigenvalue weighted by Gasteiger charge is -2.06. The van der Waals surface area contributed by atoms with E-state index in [1.807, 2.05) is 24.3 Å². The van der Waals surface area contributed by atoms with Crippen LogP contribution in [0.1, 0.15) is 6.42 Å². The van der Waals surface area contributed by atoms with Crippen molar-refractivity contribution in [2.75, 3.05) is 10.6 Å². The molecule has 0 spiro atoms. The number of nitrogens with zero attached hydrogens (tertiary/aromatic N) is 3. The fourth-order valence-corrected chi connectivity index (χ4v) is 1.75. The Balaban J connectivity index is 2.15. The molecular formula is C11H11BrN4O. The Morgan fingerprint density at radius 2 is 2.12 bits per heavy atom. The largest absolute Gasteiger partial charge is 0.326 e. The van der Waals surface area contributed by atoms with E-state index in [4.69, 9.17) is 0 Å². The van der Waals surface area contributed by atoms with E-state index in [0.717, 1.165) is 11.4 Å². The molecule has 1 aromatic carbocycles. The minimum Gasteiger partial charge on any atom is -0.326 e. The van der Waals surface area contributed by atoms with Gasteiger partial charge in [-0.25, -0.2) is 0 Å². The van der Waals surface area contributed by atoms with Gasteiger partial charge in [0.15, 0.2) is 0 Å². The van der Waals surface area contributed by atoms with Gasteiger partial charge in [0.2, 0.25) is 5.91 Å². The highest BCUT2D eigenvalue weighted by Crippen LogP contribution is 2.14. The molecule has 5 nitrogen and oxygen atoms in total. The van der Waals surface area contributed by atoms with Crippen molar-refractivity contribution in [1.82, 2.24) is 14.8 Å². The van der Waals surface area contributed by atoms with E-state index in [9.17, 15) is 4.79 Å². The molecule has 0 aliphatic heterocycles. The summed E-state index contributed by atoms with van der Waals surface area (Å²) in [6.45, 7) is 0. The predicted molar refractivity (Wildman–Crippen MR) is 68.4 cm³/mol. The third-order valence-electron chi connectivity index (χ3n) is 2.17. The number of benzene rings is 1. The lowest BCUT2D eigenvalue weighted by atomic mass is 10.2. The molecule has 88 valence electrons. The Labute approximate surface area is 107 Å². The highest BCUT2D eigenvalue weighted by Gasteiger charge is 2.02. The van der Waals surface area contributed by atoms with Crippen molar-refractivity contribution in [3.8, 4) is 5.69 Å². The average molecular weight is 295 g/mol. The van der Waals surface area contributed by atoms with Crippen LogP contribution in [0.2, 0.25) is 0 Å². The topological polar surface area (TPSA) is 59.8 Å². The minimum atomic E-state index is -0.0113. The molecule has 2 aromatic rings. The maximum Gasteiger partial charge on any atom is 0.225 e. The van der Waals surface area contributed by atoms with E-state index in [2.05, 4.69) is 31.4 Å². The van der Waals surface area contributed by atoms with Gasteiger partial charge in [0.1, 0.15) is 12.7 Å². The molecule has 1 heterocycles. The third kappa shape index (κ3) is 3.13. The first-order valence-corrected chi connectivity index (χ1v) is 6.22. The number of aromatic nitrogens is 3. The van der Waals surface area contributed by atoms with Crippen LogP contribution in [-0.4, -0.2) is 26.0 Å². The Morgan fingerprint density at radius 1 is 1.35 bits per heavy atom. The zero-order chi connectivity index (χ0) is 12.1. The van der Waals surface area contributed by atoms with E-state index < -0.39 is 0 Å². The standard InChI is InChI=1S/C11H11BrN4O/c12-5-4-11(17)15-9-2-1-3-10(6-9)16-7-13-14-8-16/h1-3,6-8H,4-5H2,(H,15,17). The van der Waals surface area contributed by atoms with Gasteiger partial charge in [-0.15, -0.1) is 10.2 Å². The molecule has 0 unspecified atom stereocenters. The summed E-state index contributed by atoms with van der Waals surface area (Å²) in [7, 11) is 0. The second-order valence-electron chi connectivity index (χ2n) is 3.41. The van der Waals surface area contributed by atoms with Crippen LogP contribution < -0.4 is 5.32 Å². The van der Waals surface area contributed by atoms with Crippen molar-refractivity contribution in [2.24, 2.45) is 0 Å². The van der Waals surface area contributed by atoms with Gasteiger partial charge in [-0.05, 0) is 18.2 Å². The van der Waals surface area contributed by atoms with Gasteiger partial charge in [-0.3, -0.25) is 9.36 Å². The molecule has 1 N–H and O–H groups in total. The molecule has 17 heavy (non-hydrogen) atoms. The van der Waals surface area contributed by atoms with Crippen molar-refractivity contribution >= 4 is 27.5 Å². The zero-order valence-electron chi connectivity index (χ0n) is 9.01. The van der Waals surface area contributed by atoms with Gasteiger partial charge in [-0.1, -0.05) is 22.0 Å². The number of carbonyl (C=O) groups is 1. The molecule has 2 rings (SSSR count). The number of nitrogens with one attached hydrogen (secondary N) is 1. The van der Waals surface area contributed by atoms with Gasteiger partial charge in [-0.2, -0.15) is 0 Å². The number of alkyl halides is 1. The summed E-state index contributed by atoms with van der Waals surface area (Å²) in [5.74, 6) is -0.0113. The molecule has 1 amide bonds. The van der Waals surface area contributed by atoms with Crippen LogP contribution in [0.25, 0.3) is 5.69 Å². The lowest BCUT2D eigenvalue weighted by Crippen LogP contribution is -2.11. The first-order chi connectivity index (χ1) is 8.29. The molecule has 0 saturated carbocycles. The van der Waals surface area contributed by atoms with Crippen LogP contribution >= 0.6 is 15.9 Å². The van der Waals surface area contributed by atoms with Gasteiger partial charge in [0.05, 0.1) is 5.69 Å². The van der Waals surface area contributed by atoms with Crippen LogP contribution in [0.5, 0.6) is 0 Å². The van der Waals surface area contributed by atoms with Crippen molar-refractivity contribution in [2.45, 2.75) is 6.42 Å². The first-order valence-electron chi connectivity index (χ1n) is 5.10. The zero-order valence-corrected chi connectivity index (χ0v) is 10.6. The molecule has 0 aliphatic carbocycles. The molecule has 0 bridgehead atoms. The monoisotopic (exact) mass is 294 g/mol. The second kappa shape index (κ2) is 5.58. The summed E-state index contributed by atoms with van der Waals surface area (Å²) < 4.78 is 1.78. The normalized spacial score (nSPS) is 10.2. The molecule has 0 atom stereocenters. The SMILES string of the molecule is O=C(CCBr)Nc1cccc(-n2cnnc2)c1. The Bertz CT molecular complexity index is 498. The summed E-state index contributed by atoms with van der Waals surface area (Å²) in [6, 6.07) is 7.51. The van der Waals surface area contributed by atoms with E-state index in [1.54, 1.807) is 17.2 Å². The maximum absolute atomic E-state index is 11.4. The molecule has 0 aliphatic rings. The van der Waals surface area contributed by atoms with E-state index in [0.29, 0.717) is 11.8 Å². The maximum atomic E-state index is 11.4. The number of halogens is 1. The predicted octanol–water partition coefficient (Wildman–Crippen LogP) is 1.99. The summed E-state index contributed by atoms with van der Waals surface area (Å²) in [4.78, 5) is 11.4. The van der Waals surface area contributed by atoms with Crippen LogP contribution in [0.15, 0.2) is 36.9 Å². The summed E-state index contributed by atoms with van der Waals surface area (Å²) in [5, 5.41) is 11.0. The van der Waals surface area contributed by atoms with Gasteiger partial charge in [0.25, 0.3) is 0 Å². The quantitative estimate of drug-likeness (QED) is 0.878. The number of anilines is 1. The van der Waals surface area contributed by atoms with Crippen LogP contribution in [0.4, 0.5) is 5.69 Å². The Hall–Kier alpha value is -1.69. The lowest BCUT2D eigenvalue weighted by molar-refractivity contribution is -0.115. The number of hydrogen-bond donors (Lipinski definition) is 1.